The molecule has 1 N–H and O–H groups in total. The highest BCUT2D eigenvalue weighted by molar-refractivity contribution is 5.92. The number of aryl methyl sites for hydroxylation is 1. The molecule has 1 saturated heterocycles. The highest BCUT2D eigenvalue weighted by Crippen LogP contribution is 2.18. The molecule has 120 valence electrons. The van der Waals surface area contributed by atoms with Crippen LogP contribution < -0.4 is 5.32 Å². The Kier molecular flexibility index (Phi) is 5.46. The molecule has 1 fully saturated rings. The van der Waals surface area contributed by atoms with Gasteiger partial charge in [-0.2, -0.15) is 0 Å². The molecule has 1 aromatic heterocycles. The molecule has 2 rings (SSSR count). The highest BCUT2D eigenvalue weighted by Gasteiger charge is 2.29. The predicted molar refractivity (Wildman–Crippen MR) is 83.2 cm³/mol. The van der Waals surface area contributed by atoms with Crippen LogP contribution in [0.4, 0.5) is 0 Å². The maximum Gasteiger partial charge on any atom is 0.274 e. The lowest BCUT2D eigenvalue weighted by Crippen LogP contribution is -2.46. The zero-order valence-electron chi connectivity index (χ0n) is 13.5. The Bertz CT molecular complexity index is 527. The first-order valence-electron chi connectivity index (χ1n) is 7.83. The molecular weight excluding hydrogens is 280 g/mol. The van der Waals surface area contributed by atoms with Gasteiger partial charge in [-0.05, 0) is 25.7 Å². The maximum absolute atomic E-state index is 12.4. The van der Waals surface area contributed by atoms with Crippen LogP contribution in [-0.4, -0.2) is 46.3 Å². The lowest BCUT2D eigenvalue weighted by atomic mass is 9.96. The number of hydrogen-bond acceptors (Lipinski definition) is 4. The molecule has 6 nitrogen and oxygen atoms in total. The summed E-state index contributed by atoms with van der Waals surface area (Å²) in [6, 6.07) is 0. The van der Waals surface area contributed by atoms with Crippen LogP contribution >= 0.6 is 0 Å². The number of likely N-dealkylation sites (tertiary alicyclic amines) is 1. The molecule has 0 saturated carbocycles. The van der Waals surface area contributed by atoms with Crippen LogP contribution in [0.25, 0.3) is 0 Å². The molecule has 0 aromatic carbocycles. The Hall–Kier alpha value is -1.98. The number of carbonyl (C=O) groups is 2. The summed E-state index contributed by atoms with van der Waals surface area (Å²) < 4.78 is 0. The summed E-state index contributed by atoms with van der Waals surface area (Å²) in [6.07, 6.45) is 4.75. The smallest absolute Gasteiger partial charge is 0.274 e. The quantitative estimate of drug-likeness (QED) is 0.912. The summed E-state index contributed by atoms with van der Waals surface area (Å²) in [4.78, 5) is 34.6. The highest BCUT2D eigenvalue weighted by atomic mass is 16.2. The van der Waals surface area contributed by atoms with Gasteiger partial charge in [-0.1, -0.05) is 13.8 Å². The van der Waals surface area contributed by atoms with Gasteiger partial charge in [-0.15, -0.1) is 0 Å². The molecule has 0 unspecified atom stereocenters. The van der Waals surface area contributed by atoms with Crippen molar-refractivity contribution in [3.8, 4) is 0 Å². The lowest BCUT2D eigenvalue weighted by Gasteiger charge is -2.32. The molecule has 2 heterocycles. The third-order valence-electron chi connectivity index (χ3n) is 3.76. The van der Waals surface area contributed by atoms with Crippen molar-refractivity contribution in [2.45, 2.75) is 33.6 Å². The first-order chi connectivity index (χ1) is 10.5. The molecule has 1 atom stereocenters. The van der Waals surface area contributed by atoms with E-state index in [2.05, 4.69) is 29.1 Å². The summed E-state index contributed by atoms with van der Waals surface area (Å²) in [5.74, 6) is 0.193. The Morgan fingerprint density at radius 2 is 2.14 bits per heavy atom. The van der Waals surface area contributed by atoms with Gasteiger partial charge < -0.3 is 10.2 Å². The van der Waals surface area contributed by atoms with Crippen molar-refractivity contribution in [2.75, 3.05) is 19.6 Å². The molecule has 6 heteroatoms. The molecule has 1 aliphatic rings. The monoisotopic (exact) mass is 304 g/mol. The van der Waals surface area contributed by atoms with E-state index in [4.69, 9.17) is 0 Å². The predicted octanol–water partition coefficient (Wildman–Crippen LogP) is 1.41. The van der Waals surface area contributed by atoms with E-state index in [1.54, 1.807) is 11.1 Å². The standard InChI is InChI=1S/C16H24N4O2/c1-11(2)7-19-15(21)13-5-4-6-20(10-13)16(22)14-9-17-12(3)8-18-14/h8-9,11,13H,4-7,10H2,1-3H3,(H,19,21)/t13-/m1/s1. The van der Waals surface area contributed by atoms with Crippen molar-refractivity contribution >= 4 is 11.8 Å². The average molecular weight is 304 g/mol. The maximum atomic E-state index is 12.4. The van der Waals surface area contributed by atoms with E-state index in [1.807, 2.05) is 6.92 Å². The number of amides is 2. The van der Waals surface area contributed by atoms with E-state index in [1.165, 1.54) is 6.20 Å². The third-order valence-corrected chi connectivity index (χ3v) is 3.76. The molecular formula is C16H24N4O2. The minimum absolute atomic E-state index is 0.0428. The topological polar surface area (TPSA) is 75.2 Å². The summed E-state index contributed by atoms with van der Waals surface area (Å²) in [5, 5.41) is 2.95. The zero-order chi connectivity index (χ0) is 16.1. The van der Waals surface area contributed by atoms with Gasteiger partial charge in [-0.3, -0.25) is 14.6 Å². The van der Waals surface area contributed by atoms with Gasteiger partial charge in [0.25, 0.3) is 5.91 Å². The number of carbonyl (C=O) groups excluding carboxylic acids is 2. The fourth-order valence-electron chi connectivity index (χ4n) is 2.49. The van der Waals surface area contributed by atoms with Crippen LogP contribution in [0.1, 0.15) is 42.9 Å². The van der Waals surface area contributed by atoms with Crippen LogP contribution in [-0.2, 0) is 4.79 Å². The van der Waals surface area contributed by atoms with Gasteiger partial charge in [0.1, 0.15) is 5.69 Å². The van der Waals surface area contributed by atoms with Crippen molar-refractivity contribution in [1.29, 1.82) is 0 Å². The first kappa shape index (κ1) is 16.4. The van der Waals surface area contributed by atoms with Crippen LogP contribution in [0, 0.1) is 18.8 Å². The zero-order valence-corrected chi connectivity index (χ0v) is 13.5. The van der Waals surface area contributed by atoms with Crippen molar-refractivity contribution in [1.82, 2.24) is 20.2 Å². The summed E-state index contributed by atoms with van der Waals surface area (Å²) in [6.45, 7) is 7.75. The summed E-state index contributed by atoms with van der Waals surface area (Å²) in [5.41, 5.74) is 1.12. The Balaban J connectivity index is 1.96. The second-order valence-electron chi connectivity index (χ2n) is 6.27. The molecule has 0 bridgehead atoms. The number of hydrogen-bond donors (Lipinski definition) is 1. The molecule has 0 spiro atoms. The fourth-order valence-corrected chi connectivity index (χ4v) is 2.49. The normalized spacial score (nSPS) is 18.4. The van der Waals surface area contributed by atoms with Gasteiger partial charge in [0.05, 0.1) is 17.8 Å². The van der Waals surface area contributed by atoms with E-state index in [0.29, 0.717) is 31.2 Å². The molecule has 0 aliphatic carbocycles. The second-order valence-corrected chi connectivity index (χ2v) is 6.27. The number of nitrogens with one attached hydrogen (secondary N) is 1. The van der Waals surface area contributed by atoms with Crippen molar-refractivity contribution in [3.63, 3.8) is 0 Å². The number of aromatic nitrogens is 2. The van der Waals surface area contributed by atoms with Crippen LogP contribution in [0.15, 0.2) is 12.4 Å². The van der Waals surface area contributed by atoms with Crippen LogP contribution in [0.5, 0.6) is 0 Å². The van der Waals surface area contributed by atoms with Crippen molar-refractivity contribution in [3.05, 3.63) is 23.8 Å². The van der Waals surface area contributed by atoms with Gasteiger partial charge in [0.15, 0.2) is 0 Å². The van der Waals surface area contributed by atoms with Crippen LogP contribution in [0.2, 0.25) is 0 Å². The number of rotatable bonds is 4. The third kappa shape index (κ3) is 4.26. The van der Waals surface area contributed by atoms with E-state index in [9.17, 15) is 9.59 Å². The van der Waals surface area contributed by atoms with Gasteiger partial charge in [0.2, 0.25) is 5.91 Å². The first-order valence-corrected chi connectivity index (χ1v) is 7.83. The fraction of sp³-hybridized carbons (Fsp3) is 0.625. The van der Waals surface area contributed by atoms with Crippen LogP contribution in [0.3, 0.4) is 0 Å². The average Bonchev–Trinajstić information content (AvgIpc) is 2.52. The number of nitrogens with zero attached hydrogens (tertiary/aromatic N) is 3. The van der Waals surface area contributed by atoms with E-state index >= 15 is 0 Å². The van der Waals surface area contributed by atoms with Gasteiger partial charge >= 0.3 is 0 Å². The molecule has 0 radical (unpaired) electrons. The SMILES string of the molecule is Cc1cnc(C(=O)N2CCC[C@@H](C(=O)NCC(C)C)C2)cn1. The number of piperidine rings is 1. The summed E-state index contributed by atoms with van der Waals surface area (Å²) in [7, 11) is 0. The van der Waals surface area contributed by atoms with Crippen molar-refractivity contribution < 1.29 is 9.59 Å². The van der Waals surface area contributed by atoms with Gasteiger partial charge in [-0.25, -0.2) is 4.98 Å². The minimum atomic E-state index is -0.145. The van der Waals surface area contributed by atoms with E-state index < -0.39 is 0 Å². The summed E-state index contributed by atoms with van der Waals surface area (Å²) >= 11 is 0. The largest absolute Gasteiger partial charge is 0.356 e. The minimum Gasteiger partial charge on any atom is -0.356 e. The van der Waals surface area contributed by atoms with E-state index in [0.717, 1.165) is 18.5 Å². The molecule has 1 aliphatic heterocycles. The lowest BCUT2D eigenvalue weighted by molar-refractivity contribution is -0.126. The van der Waals surface area contributed by atoms with E-state index in [-0.39, 0.29) is 17.7 Å². The molecule has 2 amide bonds. The Morgan fingerprint density at radius 3 is 2.77 bits per heavy atom. The van der Waals surface area contributed by atoms with Gasteiger partial charge in [0, 0.05) is 25.8 Å². The van der Waals surface area contributed by atoms with Crippen molar-refractivity contribution in [2.24, 2.45) is 11.8 Å². The Morgan fingerprint density at radius 1 is 1.36 bits per heavy atom. The second kappa shape index (κ2) is 7.33. The molecule has 22 heavy (non-hydrogen) atoms. The Labute approximate surface area is 131 Å². The molecule has 1 aromatic rings.